The molecule has 0 spiro atoms. The number of para-hydroxylation sites is 1. The van der Waals surface area contributed by atoms with Crippen molar-refractivity contribution in [3.8, 4) is 0 Å². The molecule has 5 N–H and O–H groups in total. The van der Waals surface area contributed by atoms with E-state index in [9.17, 15) is 9.59 Å². The molecule has 0 aliphatic rings. The van der Waals surface area contributed by atoms with Gasteiger partial charge in [0, 0.05) is 5.54 Å². The highest BCUT2D eigenvalue weighted by Gasteiger charge is 2.21. The van der Waals surface area contributed by atoms with Crippen molar-refractivity contribution >= 4 is 23.3 Å². The van der Waals surface area contributed by atoms with Crippen LogP contribution < -0.4 is 16.4 Å². The highest BCUT2D eigenvalue weighted by atomic mass is 16.4. The predicted molar refractivity (Wildman–Crippen MR) is 78.8 cm³/mol. The van der Waals surface area contributed by atoms with Crippen LogP contribution in [0, 0.1) is 0 Å². The molecule has 6 nitrogen and oxygen atoms in total. The number of nitrogens with one attached hydrogen (secondary N) is 2. The Labute approximate surface area is 118 Å². The lowest BCUT2D eigenvalue weighted by Gasteiger charge is -2.25. The summed E-state index contributed by atoms with van der Waals surface area (Å²) in [5.41, 5.74) is 6.02. The van der Waals surface area contributed by atoms with Crippen molar-refractivity contribution in [1.82, 2.24) is 5.32 Å². The number of carbonyl (C=O) groups is 2. The van der Waals surface area contributed by atoms with Crippen LogP contribution in [0.25, 0.3) is 0 Å². The molecule has 1 aromatic carbocycles. The number of benzene rings is 1. The molecule has 1 amide bonds. The van der Waals surface area contributed by atoms with Crippen molar-refractivity contribution < 1.29 is 14.7 Å². The van der Waals surface area contributed by atoms with E-state index in [0.29, 0.717) is 5.69 Å². The van der Waals surface area contributed by atoms with E-state index in [1.54, 1.807) is 19.1 Å². The molecule has 0 aromatic heterocycles. The third kappa shape index (κ3) is 4.15. The Hall–Kier alpha value is -2.24. The Balaban J connectivity index is 2.93. The normalized spacial score (nSPS) is 12.6. The maximum atomic E-state index is 12.0. The maximum absolute atomic E-state index is 12.0. The highest BCUT2D eigenvalue weighted by Crippen LogP contribution is 2.24. The zero-order valence-corrected chi connectivity index (χ0v) is 12.2. The third-order valence-electron chi connectivity index (χ3n) is 2.58. The summed E-state index contributed by atoms with van der Waals surface area (Å²) >= 11 is 0. The quantitative estimate of drug-likeness (QED) is 0.628. The molecule has 0 saturated heterocycles. The van der Waals surface area contributed by atoms with Crippen molar-refractivity contribution in [1.29, 1.82) is 0 Å². The smallest absolute Gasteiger partial charge is 0.337 e. The fourth-order valence-corrected chi connectivity index (χ4v) is 1.67. The summed E-state index contributed by atoms with van der Waals surface area (Å²) in [6.45, 7) is 7.27. The van der Waals surface area contributed by atoms with E-state index in [1.807, 2.05) is 20.8 Å². The molecule has 1 atom stereocenters. The monoisotopic (exact) mass is 279 g/mol. The summed E-state index contributed by atoms with van der Waals surface area (Å²) in [5.74, 6) is -1.32. The standard InChI is InChI=1S/C14H21N3O3/c1-8(12(18)17-14(2,3)4)16-11-9(13(19)20)6-5-7-10(11)15/h5-8,16H,15H2,1-4H3,(H,17,18)(H,19,20). The van der Waals surface area contributed by atoms with Crippen LogP contribution in [0.1, 0.15) is 38.1 Å². The second kappa shape index (κ2) is 5.81. The molecule has 0 heterocycles. The van der Waals surface area contributed by atoms with E-state index >= 15 is 0 Å². The molecule has 6 heteroatoms. The minimum Gasteiger partial charge on any atom is -0.478 e. The Morgan fingerprint density at radius 3 is 2.40 bits per heavy atom. The van der Waals surface area contributed by atoms with Gasteiger partial charge in [-0.15, -0.1) is 0 Å². The molecule has 20 heavy (non-hydrogen) atoms. The number of amides is 1. The summed E-state index contributed by atoms with van der Waals surface area (Å²) in [6, 6.07) is 3.99. The summed E-state index contributed by atoms with van der Waals surface area (Å²) in [4.78, 5) is 23.2. The first-order chi connectivity index (χ1) is 9.11. The van der Waals surface area contributed by atoms with Gasteiger partial charge in [-0.3, -0.25) is 4.79 Å². The van der Waals surface area contributed by atoms with Gasteiger partial charge in [-0.1, -0.05) is 6.07 Å². The van der Waals surface area contributed by atoms with Gasteiger partial charge in [-0.25, -0.2) is 4.79 Å². The second-order valence-corrected chi connectivity index (χ2v) is 5.68. The van der Waals surface area contributed by atoms with Gasteiger partial charge in [0.25, 0.3) is 0 Å². The van der Waals surface area contributed by atoms with E-state index in [1.165, 1.54) is 6.07 Å². The molecule has 110 valence electrons. The van der Waals surface area contributed by atoms with Gasteiger partial charge >= 0.3 is 5.97 Å². The van der Waals surface area contributed by atoms with Crippen LogP contribution in [-0.4, -0.2) is 28.6 Å². The lowest BCUT2D eigenvalue weighted by molar-refractivity contribution is -0.122. The fourth-order valence-electron chi connectivity index (χ4n) is 1.67. The molecule has 0 saturated carbocycles. The number of hydrogen-bond donors (Lipinski definition) is 4. The van der Waals surface area contributed by atoms with Crippen molar-refractivity contribution in [2.75, 3.05) is 11.1 Å². The largest absolute Gasteiger partial charge is 0.478 e. The maximum Gasteiger partial charge on any atom is 0.337 e. The van der Waals surface area contributed by atoms with Crippen LogP contribution in [-0.2, 0) is 4.79 Å². The number of anilines is 2. The van der Waals surface area contributed by atoms with Crippen molar-refractivity contribution in [2.45, 2.75) is 39.3 Å². The van der Waals surface area contributed by atoms with E-state index in [-0.39, 0.29) is 22.7 Å². The van der Waals surface area contributed by atoms with E-state index < -0.39 is 12.0 Å². The third-order valence-corrected chi connectivity index (χ3v) is 2.58. The SMILES string of the molecule is CC(Nc1c(N)cccc1C(=O)O)C(=O)NC(C)(C)C. The van der Waals surface area contributed by atoms with Crippen molar-refractivity contribution in [3.05, 3.63) is 23.8 Å². The summed E-state index contributed by atoms with van der Waals surface area (Å²) < 4.78 is 0. The van der Waals surface area contributed by atoms with Gasteiger partial charge in [0.05, 0.1) is 16.9 Å². The average Bonchev–Trinajstić information content (AvgIpc) is 2.28. The predicted octanol–water partition coefficient (Wildman–Crippen LogP) is 1.68. The number of rotatable bonds is 4. The van der Waals surface area contributed by atoms with Crippen LogP contribution >= 0.6 is 0 Å². The van der Waals surface area contributed by atoms with Gasteiger partial charge in [0.2, 0.25) is 5.91 Å². The van der Waals surface area contributed by atoms with Gasteiger partial charge in [-0.2, -0.15) is 0 Å². The molecule has 0 fully saturated rings. The number of carboxylic acid groups (broad SMARTS) is 1. The van der Waals surface area contributed by atoms with Crippen molar-refractivity contribution in [3.63, 3.8) is 0 Å². The minimum atomic E-state index is -1.09. The van der Waals surface area contributed by atoms with Crippen LogP contribution in [0.15, 0.2) is 18.2 Å². The first-order valence-corrected chi connectivity index (χ1v) is 6.32. The van der Waals surface area contributed by atoms with Crippen LogP contribution in [0.4, 0.5) is 11.4 Å². The summed E-state index contributed by atoms with van der Waals surface area (Å²) in [5, 5.41) is 14.8. The lowest BCUT2D eigenvalue weighted by atomic mass is 10.1. The van der Waals surface area contributed by atoms with Gasteiger partial charge in [-0.05, 0) is 39.8 Å². The Kier molecular flexibility index (Phi) is 4.60. The molecule has 0 aliphatic carbocycles. The molecular weight excluding hydrogens is 258 g/mol. The summed E-state index contributed by atoms with van der Waals surface area (Å²) in [7, 11) is 0. The minimum absolute atomic E-state index is 0.0420. The summed E-state index contributed by atoms with van der Waals surface area (Å²) in [6.07, 6.45) is 0. The van der Waals surface area contributed by atoms with Crippen LogP contribution in [0.3, 0.4) is 0 Å². The Bertz CT molecular complexity index is 521. The lowest BCUT2D eigenvalue weighted by Crippen LogP contribution is -2.47. The number of nitrogen functional groups attached to an aromatic ring is 1. The molecule has 1 aromatic rings. The molecular formula is C14H21N3O3. The van der Waals surface area contributed by atoms with E-state index in [0.717, 1.165) is 0 Å². The van der Waals surface area contributed by atoms with E-state index in [2.05, 4.69) is 10.6 Å². The van der Waals surface area contributed by atoms with Gasteiger partial charge in [0.15, 0.2) is 0 Å². The van der Waals surface area contributed by atoms with E-state index in [4.69, 9.17) is 10.8 Å². The number of carboxylic acids is 1. The molecule has 0 bridgehead atoms. The molecule has 1 rings (SSSR count). The Morgan fingerprint density at radius 2 is 1.90 bits per heavy atom. The number of hydrogen-bond acceptors (Lipinski definition) is 4. The second-order valence-electron chi connectivity index (χ2n) is 5.68. The molecule has 0 radical (unpaired) electrons. The van der Waals surface area contributed by atoms with Crippen LogP contribution in [0.2, 0.25) is 0 Å². The van der Waals surface area contributed by atoms with Crippen LogP contribution in [0.5, 0.6) is 0 Å². The zero-order chi connectivity index (χ0) is 15.5. The Morgan fingerprint density at radius 1 is 1.30 bits per heavy atom. The topological polar surface area (TPSA) is 104 Å². The zero-order valence-electron chi connectivity index (χ0n) is 12.2. The first-order valence-electron chi connectivity index (χ1n) is 6.32. The van der Waals surface area contributed by atoms with Crippen molar-refractivity contribution in [2.24, 2.45) is 0 Å². The first kappa shape index (κ1) is 15.8. The number of aromatic carboxylic acids is 1. The average molecular weight is 279 g/mol. The number of nitrogens with two attached hydrogens (primary N) is 1. The molecule has 0 aliphatic heterocycles. The fraction of sp³-hybridized carbons (Fsp3) is 0.429. The molecule has 1 unspecified atom stereocenters. The highest BCUT2D eigenvalue weighted by molar-refractivity contribution is 5.99. The van der Waals surface area contributed by atoms with Gasteiger partial charge in [0.1, 0.15) is 6.04 Å². The number of carbonyl (C=O) groups excluding carboxylic acids is 1. The van der Waals surface area contributed by atoms with Gasteiger partial charge < -0.3 is 21.5 Å².